The number of phenolic OH excluding ortho intramolecular Hbond substituents is 1. The van der Waals surface area contributed by atoms with Crippen molar-refractivity contribution >= 4 is 16.9 Å². The molecule has 5 rings (SSSR count). The van der Waals surface area contributed by atoms with Gasteiger partial charge in [-0.1, -0.05) is 19.9 Å². The van der Waals surface area contributed by atoms with E-state index in [4.69, 9.17) is 4.74 Å². The van der Waals surface area contributed by atoms with Crippen molar-refractivity contribution in [2.75, 3.05) is 13.3 Å². The number of hydrogen-bond donors (Lipinski definition) is 2. The Morgan fingerprint density at radius 2 is 1.76 bits per heavy atom. The SMILES string of the molecule is CC1(C)COC2(CCC(CF)(C(=O)O)CC2)c2c1n(-c1ccc(F)cc1)c1cccc(O)c21. The van der Waals surface area contributed by atoms with E-state index in [-0.39, 0.29) is 24.4 Å². The summed E-state index contributed by atoms with van der Waals surface area (Å²) in [6.07, 6.45) is 0.970. The van der Waals surface area contributed by atoms with Crippen molar-refractivity contribution in [2.24, 2.45) is 5.41 Å². The van der Waals surface area contributed by atoms with Gasteiger partial charge in [0.2, 0.25) is 0 Å². The molecule has 1 spiro atoms. The average Bonchev–Trinajstić information content (AvgIpc) is 3.17. The Morgan fingerprint density at radius 1 is 1.09 bits per heavy atom. The second-order valence-electron chi connectivity index (χ2n) is 10.1. The number of benzene rings is 2. The number of aromatic nitrogens is 1. The summed E-state index contributed by atoms with van der Waals surface area (Å²) in [7, 11) is 0. The number of fused-ring (bicyclic) bond motifs is 4. The highest BCUT2D eigenvalue weighted by Gasteiger charge is 2.54. The maximum atomic E-state index is 13.8. The van der Waals surface area contributed by atoms with Crippen LogP contribution in [0.2, 0.25) is 0 Å². The third-order valence-corrected chi connectivity index (χ3v) is 7.59. The zero-order valence-electron chi connectivity index (χ0n) is 18.7. The van der Waals surface area contributed by atoms with Crippen molar-refractivity contribution in [1.82, 2.24) is 4.57 Å². The van der Waals surface area contributed by atoms with Gasteiger partial charge in [-0.2, -0.15) is 0 Å². The van der Waals surface area contributed by atoms with Crippen molar-refractivity contribution < 1.29 is 28.5 Å². The van der Waals surface area contributed by atoms with E-state index in [0.717, 1.165) is 22.5 Å². The fourth-order valence-corrected chi connectivity index (χ4v) is 5.65. The summed E-state index contributed by atoms with van der Waals surface area (Å²) in [5, 5.41) is 21.3. The van der Waals surface area contributed by atoms with E-state index in [1.807, 2.05) is 10.6 Å². The van der Waals surface area contributed by atoms with Crippen LogP contribution in [0.3, 0.4) is 0 Å². The number of rotatable bonds is 3. The molecule has 33 heavy (non-hydrogen) atoms. The third-order valence-electron chi connectivity index (χ3n) is 7.59. The standard InChI is InChI=1S/C26H27F2NO4/c1-24(2)15-33-26(12-10-25(14-27,11-13-26)23(31)32)21-20-18(4-3-5-19(20)30)29(22(21)24)17-8-6-16(28)7-9-17/h3-9,30H,10-15H2,1-2H3,(H,31,32). The molecule has 0 amide bonds. The van der Waals surface area contributed by atoms with Gasteiger partial charge in [-0.15, -0.1) is 0 Å². The smallest absolute Gasteiger partial charge is 0.312 e. The first-order valence-corrected chi connectivity index (χ1v) is 11.2. The number of phenols is 1. The van der Waals surface area contributed by atoms with Crippen LogP contribution in [-0.2, 0) is 20.5 Å². The fourth-order valence-electron chi connectivity index (χ4n) is 5.65. The molecule has 1 aliphatic heterocycles. The number of aliphatic carboxylic acids is 1. The van der Waals surface area contributed by atoms with Gasteiger partial charge < -0.3 is 19.5 Å². The molecule has 0 radical (unpaired) electrons. The van der Waals surface area contributed by atoms with Gasteiger partial charge in [-0.25, -0.2) is 8.78 Å². The van der Waals surface area contributed by atoms with Gasteiger partial charge in [0.15, 0.2) is 0 Å². The average molecular weight is 456 g/mol. The lowest BCUT2D eigenvalue weighted by molar-refractivity contribution is -0.163. The van der Waals surface area contributed by atoms with Gasteiger partial charge in [0.05, 0.1) is 23.1 Å². The van der Waals surface area contributed by atoms with E-state index in [0.29, 0.717) is 24.8 Å². The molecule has 0 bridgehead atoms. The Kier molecular flexibility index (Phi) is 4.83. The van der Waals surface area contributed by atoms with Crippen LogP contribution in [0.1, 0.15) is 50.8 Å². The lowest BCUT2D eigenvalue weighted by atomic mass is 9.64. The van der Waals surface area contributed by atoms with Crippen LogP contribution in [0.25, 0.3) is 16.6 Å². The zero-order valence-corrected chi connectivity index (χ0v) is 18.7. The maximum Gasteiger partial charge on any atom is 0.312 e. The molecule has 3 aromatic rings. The summed E-state index contributed by atoms with van der Waals surface area (Å²) in [5.74, 6) is -1.35. The summed E-state index contributed by atoms with van der Waals surface area (Å²) >= 11 is 0. The Morgan fingerprint density at radius 3 is 2.36 bits per heavy atom. The second-order valence-corrected chi connectivity index (χ2v) is 10.1. The monoisotopic (exact) mass is 455 g/mol. The first-order chi connectivity index (χ1) is 15.6. The van der Waals surface area contributed by atoms with Gasteiger partial charge in [-0.3, -0.25) is 4.79 Å². The summed E-state index contributed by atoms with van der Waals surface area (Å²) < 4.78 is 36.1. The lowest BCUT2D eigenvalue weighted by Crippen LogP contribution is -2.49. The Labute approximate surface area is 190 Å². The minimum Gasteiger partial charge on any atom is -0.507 e. The van der Waals surface area contributed by atoms with E-state index in [9.17, 15) is 23.8 Å². The molecule has 1 fully saturated rings. The second kappa shape index (κ2) is 7.29. The van der Waals surface area contributed by atoms with Crippen LogP contribution in [0.4, 0.5) is 8.78 Å². The van der Waals surface area contributed by atoms with Gasteiger partial charge in [0.1, 0.15) is 18.2 Å². The summed E-state index contributed by atoms with van der Waals surface area (Å²) in [5.41, 5.74) is 0.624. The van der Waals surface area contributed by atoms with Gasteiger partial charge in [0, 0.05) is 27.7 Å². The Hall–Kier alpha value is -2.93. The summed E-state index contributed by atoms with van der Waals surface area (Å²) in [6, 6.07) is 11.5. The molecule has 0 unspecified atom stereocenters. The molecule has 2 aliphatic rings. The molecule has 1 aliphatic carbocycles. The highest BCUT2D eigenvalue weighted by molar-refractivity contribution is 5.94. The number of carboxylic acid groups (broad SMARTS) is 1. The molecule has 174 valence electrons. The normalized spacial score (nSPS) is 26.4. The largest absolute Gasteiger partial charge is 0.507 e. The third kappa shape index (κ3) is 3.09. The van der Waals surface area contributed by atoms with E-state index in [1.165, 1.54) is 12.1 Å². The van der Waals surface area contributed by atoms with E-state index < -0.39 is 29.1 Å². The fraction of sp³-hybridized carbons (Fsp3) is 0.423. The first-order valence-electron chi connectivity index (χ1n) is 11.2. The number of carbonyl (C=O) groups is 1. The van der Waals surface area contributed by atoms with Crippen molar-refractivity contribution in [3.8, 4) is 11.4 Å². The highest BCUT2D eigenvalue weighted by Crippen LogP contribution is 2.57. The molecular formula is C26H27F2NO4. The van der Waals surface area contributed by atoms with Gasteiger partial charge in [-0.05, 0) is 62.1 Å². The van der Waals surface area contributed by atoms with Crippen molar-refractivity contribution in [1.29, 1.82) is 0 Å². The van der Waals surface area contributed by atoms with Gasteiger partial charge >= 0.3 is 5.97 Å². The number of halogens is 2. The Bertz CT molecular complexity index is 1240. The molecule has 0 saturated heterocycles. The van der Waals surface area contributed by atoms with Crippen molar-refractivity contribution in [3.63, 3.8) is 0 Å². The number of hydrogen-bond acceptors (Lipinski definition) is 3. The number of aromatic hydroxyl groups is 1. The van der Waals surface area contributed by atoms with Crippen LogP contribution < -0.4 is 0 Å². The number of nitrogens with zero attached hydrogens (tertiary/aromatic N) is 1. The molecule has 7 heteroatoms. The van der Waals surface area contributed by atoms with Crippen LogP contribution in [-0.4, -0.2) is 34.0 Å². The van der Waals surface area contributed by atoms with Crippen molar-refractivity contribution in [2.45, 2.75) is 50.5 Å². The topological polar surface area (TPSA) is 71.7 Å². The van der Waals surface area contributed by atoms with Crippen LogP contribution in [0.15, 0.2) is 42.5 Å². The maximum absolute atomic E-state index is 13.8. The summed E-state index contributed by atoms with van der Waals surface area (Å²) in [4.78, 5) is 11.9. The van der Waals surface area contributed by atoms with Crippen LogP contribution >= 0.6 is 0 Å². The first kappa shape index (κ1) is 21.9. The molecule has 1 saturated carbocycles. The minimum atomic E-state index is -1.40. The molecule has 0 atom stereocenters. The Balaban J connectivity index is 1.79. The highest BCUT2D eigenvalue weighted by atomic mass is 19.1. The molecule has 2 heterocycles. The quantitative estimate of drug-likeness (QED) is 0.540. The molecular weight excluding hydrogens is 428 g/mol. The van der Waals surface area contributed by atoms with E-state index in [1.54, 1.807) is 24.3 Å². The molecule has 2 N–H and O–H groups in total. The zero-order chi connectivity index (χ0) is 23.6. The summed E-state index contributed by atoms with van der Waals surface area (Å²) in [6.45, 7) is 3.58. The molecule has 1 aromatic heterocycles. The molecule has 2 aromatic carbocycles. The van der Waals surface area contributed by atoms with E-state index in [2.05, 4.69) is 13.8 Å². The minimum absolute atomic E-state index is 0.103. The predicted octanol–water partition coefficient (Wildman–Crippen LogP) is 5.59. The van der Waals surface area contributed by atoms with Crippen LogP contribution in [0.5, 0.6) is 5.75 Å². The van der Waals surface area contributed by atoms with Crippen molar-refractivity contribution in [3.05, 3.63) is 59.5 Å². The number of ether oxygens (including phenoxy) is 1. The lowest BCUT2D eigenvalue weighted by Gasteiger charge is -2.49. The molecule has 5 nitrogen and oxygen atoms in total. The number of carboxylic acids is 1. The number of alkyl halides is 1. The van der Waals surface area contributed by atoms with E-state index >= 15 is 0 Å². The van der Waals surface area contributed by atoms with Crippen LogP contribution in [0, 0.1) is 11.2 Å². The predicted molar refractivity (Wildman–Crippen MR) is 120 cm³/mol. The van der Waals surface area contributed by atoms with Gasteiger partial charge in [0.25, 0.3) is 0 Å².